The second-order valence-electron chi connectivity index (χ2n) is 8.57. The Morgan fingerprint density at radius 3 is 2.19 bits per heavy atom. The highest BCUT2D eigenvalue weighted by Gasteiger charge is 2.50. The molecule has 0 aliphatic carbocycles. The molecule has 2 aliphatic rings. The van der Waals surface area contributed by atoms with Gasteiger partial charge in [0.25, 0.3) is 0 Å². The predicted molar refractivity (Wildman–Crippen MR) is 132 cm³/mol. The summed E-state index contributed by atoms with van der Waals surface area (Å²) in [6.45, 7) is 0.247. The summed E-state index contributed by atoms with van der Waals surface area (Å²) in [7, 11) is -3.60. The van der Waals surface area contributed by atoms with Crippen LogP contribution in [0, 0.1) is 0 Å². The summed E-state index contributed by atoms with van der Waals surface area (Å²) in [6.07, 6.45) is -2.40. The van der Waals surface area contributed by atoms with Crippen molar-refractivity contribution in [3.05, 3.63) is 90.5 Å². The highest BCUT2D eigenvalue weighted by molar-refractivity contribution is 7.88. The summed E-state index contributed by atoms with van der Waals surface area (Å²) < 4.78 is 50.6. The molecule has 0 unspecified atom stereocenters. The number of benzene rings is 3. The third-order valence-corrected chi connectivity index (χ3v) is 7.25. The van der Waals surface area contributed by atoms with Gasteiger partial charge in [0.2, 0.25) is 10.0 Å². The Morgan fingerprint density at radius 2 is 1.47 bits per heavy atom. The molecular weight excluding hydrogens is 484 g/mol. The molecular formula is C26H26N2O7S. The van der Waals surface area contributed by atoms with Gasteiger partial charge < -0.3 is 18.9 Å². The lowest BCUT2D eigenvalue weighted by Crippen LogP contribution is -2.44. The highest BCUT2D eigenvalue weighted by atomic mass is 32.2. The molecule has 3 aromatic carbocycles. The average Bonchev–Trinajstić information content (AvgIpc) is 3.44. The minimum absolute atomic E-state index is 0.115. The predicted octanol–water partition coefficient (Wildman–Crippen LogP) is 3.68. The average molecular weight is 511 g/mol. The van der Waals surface area contributed by atoms with Gasteiger partial charge in [-0.2, -0.15) is 0 Å². The van der Waals surface area contributed by atoms with E-state index in [0.29, 0.717) is 22.7 Å². The fraction of sp³-hybridized carbons (Fsp3) is 0.269. The van der Waals surface area contributed by atoms with Crippen LogP contribution in [0.15, 0.2) is 84.9 Å². The molecule has 0 aromatic heterocycles. The van der Waals surface area contributed by atoms with Gasteiger partial charge in [-0.15, -0.1) is 0 Å². The minimum atomic E-state index is -3.60. The molecule has 10 heteroatoms. The van der Waals surface area contributed by atoms with Crippen molar-refractivity contribution in [2.45, 2.75) is 30.1 Å². The summed E-state index contributed by atoms with van der Waals surface area (Å²) in [4.78, 5) is 12.5. The van der Waals surface area contributed by atoms with Crippen LogP contribution in [0.3, 0.4) is 0 Å². The van der Waals surface area contributed by atoms with Gasteiger partial charge in [-0.05, 0) is 42.0 Å². The maximum atomic E-state index is 12.6. The van der Waals surface area contributed by atoms with Gasteiger partial charge in [0.1, 0.15) is 23.7 Å². The molecule has 5 rings (SSSR count). The zero-order valence-electron chi connectivity index (χ0n) is 19.3. The lowest BCUT2D eigenvalue weighted by Gasteiger charge is -2.18. The van der Waals surface area contributed by atoms with Gasteiger partial charge in [0.05, 0.1) is 25.0 Å². The van der Waals surface area contributed by atoms with Gasteiger partial charge in [0, 0.05) is 5.69 Å². The SMILES string of the molecule is O=C(Nc1ccc(Oc2ccccc2)cc1)O[C@@H]1CO[C@H]2[C@H]1OC[C@H]2NS(=O)(=O)Cc1ccccc1. The first-order chi connectivity index (χ1) is 17.4. The molecule has 2 fully saturated rings. The summed E-state index contributed by atoms with van der Waals surface area (Å²) in [5.41, 5.74) is 1.22. The molecule has 4 atom stereocenters. The van der Waals surface area contributed by atoms with Crippen LogP contribution >= 0.6 is 0 Å². The standard InChI is InChI=1S/C26H26N2O7S/c29-26(27-19-11-13-21(14-12-19)34-20-9-5-2-6-10-20)35-23-16-33-24-22(15-32-25(23)24)28-36(30,31)17-18-7-3-1-4-8-18/h1-14,22-25,28H,15-17H2,(H,27,29)/t22-,23-,24-,25+/m1/s1. The van der Waals surface area contributed by atoms with E-state index < -0.39 is 40.5 Å². The molecule has 2 N–H and O–H groups in total. The van der Waals surface area contributed by atoms with Crippen molar-refractivity contribution in [2.24, 2.45) is 0 Å². The van der Waals surface area contributed by atoms with Crippen LogP contribution in [0.4, 0.5) is 10.5 Å². The number of carbonyl (C=O) groups excluding carboxylic acids is 1. The first-order valence-corrected chi connectivity index (χ1v) is 13.2. The number of carbonyl (C=O) groups is 1. The van der Waals surface area contributed by atoms with Crippen LogP contribution in [0.1, 0.15) is 5.56 Å². The summed E-state index contributed by atoms with van der Waals surface area (Å²) in [5.74, 6) is 1.21. The number of sulfonamides is 1. The molecule has 3 aromatic rings. The number of nitrogens with one attached hydrogen (secondary N) is 2. The van der Waals surface area contributed by atoms with E-state index in [2.05, 4.69) is 10.0 Å². The van der Waals surface area contributed by atoms with Gasteiger partial charge in [0.15, 0.2) is 6.10 Å². The smallest absolute Gasteiger partial charge is 0.412 e. The van der Waals surface area contributed by atoms with Gasteiger partial charge >= 0.3 is 6.09 Å². The molecule has 2 heterocycles. The molecule has 2 saturated heterocycles. The number of amides is 1. The lowest BCUT2D eigenvalue weighted by molar-refractivity contribution is 0.00883. The Balaban J connectivity index is 1.11. The number of hydrogen-bond donors (Lipinski definition) is 2. The minimum Gasteiger partial charge on any atom is -0.457 e. The van der Waals surface area contributed by atoms with Crippen LogP contribution in [0.25, 0.3) is 0 Å². The Bertz CT molecular complexity index is 1270. The molecule has 188 valence electrons. The Labute approximate surface area is 209 Å². The van der Waals surface area contributed by atoms with Crippen molar-refractivity contribution in [1.29, 1.82) is 0 Å². The van der Waals surface area contributed by atoms with E-state index in [4.69, 9.17) is 18.9 Å². The number of anilines is 1. The number of hydrogen-bond acceptors (Lipinski definition) is 7. The number of rotatable bonds is 8. The number of ether oxygens (including phenoxy) is 4. The van der Waals surface area contributed by atoms with Crippen molar-refractivity contribution < 1.29 is 32.2 Å². The zero-order valence-corrected chi connectivity index (χ0v) is 20.1. The normalized spacial score (nSPS) is 23.1. The Hall–Kier alpha value is -3.44. The fourth-order valence-electron chi connectivity index (χ4n) is 4.25. The zero-order chi connectivity index (χ0) is 25.0. The Morgan fingerprint density at radius 1 is 0.833 bits per heavy atom. The third-order valence-electron chi connectivity index (χ3n) is 5.88. The van der Waals surface area contributed by atoms with E-state index in [1.165, 1.54) is 0 Å². The number of fused-ring (bicyclic) bond motifs is 1. The fourth-order valence-corrected chi connectivity index (χ4v) is 5.63. The third kappa shape index (κ3) is 6.03. The second kappa shape index (κ2) is 10.7. The van der Waals surface area contributed by atoms with Crippen LogP contribution < -0.4 is 14.8 Å². The van der Waals surface area contributed by atoms with E-state index in [1.54, 1.807) is 48.5 Å². The first-order valence-electron chi connectivity index (χ1n) is 11.5. The van der Waals surface area contributed by atoms with E-state index in [-0.39, 0.29) is 19.0 Å². The van der Waals surface area contributed by atoms with Crippen LogP contribution in [-0.2, 0) is 30.0 Å². The van der Waals surface area contributed by atoms with Gasteiger partial charge in [-0.1, -0.05) is 48.5 Å². The van der Waals surface area contributed by atoms with Crippen LogP contribution in [-0.4, -0.2) is 52.1 Å². The van der Waals surface area contributed by atoms with E-state index in [1.807, 2.05) is 36.4 Å². The second-order valence-corrected chi connectivity index (χ2v) is 10.3. The van der Waals surface area contributed by atoms with E-state index in [0.717, 1.165) is 0 Å². The first kappa shape index (κ1) is 24.3. The molecule has 36 heavy (non-hydrogen) atoms. The quantitative estimate of drug-likeness (QED) is 0.475. The molecule has 0 saturated carbocycles. The maximum absolute atomic E-state index is 12.6. The van der Waals surface area contributed by atoms with Crippen molar-refractivity contribution >= 4 is 21.8 Å². The van der Waals surface area contributed by atoms with E-state index >= 15 is 0 Å². The van der Waals surface area contributed by atoms with Crippen molar-refractivity contribution in [3.8, 4) is 11.5 Å². The maximum Gasteiger partial charge on any atom is 0.412 e. The molecule has 0 bridgehead atoms. The molecule has 0 spiro atoms. The van der Waals surface area contributed by atoms with E-state index in [9.17, 15) is 13.2 Å². The molecule has 9 nitrogen and oxygen atoms in total. The van der Waals surface area contributed by atoms with Crippen molar-refractivity contribution in [2.75, 3.05) is 18.5 Å². The molecule has 0 radical (unpaired) electrons. The number of para-hydroxylation sites is 1. The Kier molecular flexibility index (Phi) is 7.19. The molecule has 2 aliphatic heterocycles. The van der Waals surface area contributed by atoms with Crippen LogP contribution in [0.5, 0.6) is 11.5 Å². The van der Waals surface area contributed by atoms with Crippen molar-refractivity contribution in [3.63, 3.8) is 0 Å². The topological polar surface area (TPSA) is 112 Å². The van der Waals surface area contributed by atoms with Gasteiger partial charge in [-0.25, -0.2) is 17.9 Å². The molecule has 1 amide bonds. The van der Waals surface area contributed by atoms with Crippen molar-refractivity contribution in [1.82, 2.24) is 4.72 Å². The summed E-state index contributed by atoms with van der Waals surface area (Å²) in [6, 6.07) is 24.6. The lowest BCUT2D eigenvalue weighted by atomic mass is 10.1. The monoisotopic (exact) mass is 510 g/mol. The summed E-state index contributed by atoms with van der Waals surface area (Å²) in [5, 5.41) is 2.68. The highest BCUT2D eigenvalue weighted by Crippen LogP contribution is 2.30. The van der Waals surface area contributed by atoms with Gasteiger partial charge in [-0.3, -0.25) is 5.32 Å². The largest absolute Gasteiger partial charge is 0.457 e. The van der Waals surface area contributed by atoms with Crippen LogP contribution in [0.2, 0.25) is 0 Å². The summed E-state index contributed by atoms with van der Waals surface area (Å²) >= 11 is 0.